The number of nitrogens with two attached hydrogens (primary N) is 1. The quantitative estimate of drug-likeness (QED) is 0.0264. The Morgan fingerprint density at radius 3 is 1.26 bits per heavy atom. The third-order valence-electron chi connectivity index (χ3n) is 12.4. The topological polar surface area (TPSA) is 326 Å². The summed E-state index contributed by atoms with van der Waals surface area (Å²) in [6.45, 7) is 22.6. The van der Waals surface area contributed by atoms with E-state index in [4.69, 9.17) is 10.5 Å². The summed E-state index contributed by atoms with van der Waals surface area (Å²) in [5, 5.41) is 49.6. The zero-order valence-corrected chi connectivity index (χ0v) is 51.5. The number of nitrogens with one attached hydrogen (secondary N) is 2. The molecule has 0 unspecified atom stereocenters. The Labute approximate surface area is 507 Å². The van der Waals surface area contributed by atoms with E-state index in [2.05, 4.69) is 66.8 Å². The molecular weight excluding hydrogens is 1220 g/mol. The summed E-state index contributed by atoms with van der Waals surface area (Å²) in [7, 11) is 0. The molecule has 7 rings (SSSR count). The summed E-state index contributed by atoms with van der Waals surface area (Å²) >= 11 is 6.16. The number of alkyl halides is 2. The maximum Gasteiger partial charge on any atom is 0.320 e. The molecule has 0 bridgehead atoms. The van der Waals surface area contributed by atoms with Crippen molar-refractivity contribution in [3.63, 3.8) is 0 Å². The molecule has 0 aliphatic carbocycles. The molecule has 1 amide bonds. The Kier molecular flexibility index (Phi) is 37.5. The van der Waals surface area contributed by atoms with Crippen LogP contribution in [0.3, 0.4) is 0 Å². The fourth-order valence-electron chi connectivity index (χ4n) is 8.11. The summed E-state index contributed by atoms with van der Waals surface area (Å²) in [5.74, 6) is -0.0633. The second kappa shape index (κ2) is 43.0. The summed E-state index contributed by atoms with van der Waals surface area (Å²) in [6.07, 6.45) is 0.611. The molecule has 0 radical (unpaired) electrons. The summed E-state index contributed by atoms with van der Waals surface area (Å²) in [6, 6.07) is 26.8. The van der Waals surface area contributed by atoms with Crippen LogP contribution in [0.1, 0.15) is 56.4 Å². The number of hydrogen-bond donors (Lipinski definition) is 3. The number of piperazine rings is 3. The van der Waals surface area contributed by atoms with Gasteiger partial charge in [-0.25, -0.2) is 0 Å². The first-order valence-corrected chi connectivity index (χ1v) is 29.6. The Morgan fingerprint density at radius 2 is 0.917 bits per heavy atom. The maximum atomic E-state index is 11.4. The van der Waals surface area contributed by atoms with E-state index in [0.717, 1.165) is 120 Å². The number of rotatable bonds is 21. The molecule has 462 valence electrons. The van der Waals surface area contributed by atoms with Gasteiger partial charge < -0.3 is 30.7 Å². The van der Waals surface area contributed by atoms with E-state index in [1.54, 1.807) is 76.2 Å². The average molecular weight is 1310 g/mol. The molecule has 28 heteroatoms. The zero-order valence-electron chi connectivity index (χ0n) is 48.3. The zero-order chi connectivity index (χ0) is 62.2. The second-order valence-corrected chi connectivity index (χ2v) is 20.1. The molecule has 3 aliphatic heterocycles. The van der Waals surface area contributed by atoms with Gasteiger partial charge in [-0.2, -0.15) is 0 Å². The number of amides is 1. The summed E-state index contributed by atoms with van der Waals surface area (Å²) < 4.78 is 9.45. The van der Waals surface area contributed by atoms with Gasteiger partial charge in [0.15, 0.2) is 0 Å². The van der Waals surface area contributed by atoms with Gasteiger partial charge in [-0.05, 0) is 43.0 Å². The molecule has 0 atom stereocenters. The van der Waals surface area contributed by atoms with Crippen LogP contribution < -0.4 is 16.4 Å². The predicted molar refractivity (Wildman–Crippen MR) is 327 cm³/mol. The van der Waals surface area contributed by atoms with E-state index in [1.165, 1.54) is 24.3 Å². The number of benzene rings is 4. The van der Waals surface area contributed by atoms with Gasteiger partial charge in [0.05, 0.1) is 39.5 Å². The van der Waals surface area contributed by atoms with Crippen LogP contribution in [0, 0.1) is 40.5 Å². The van der Waals surface area contributed by atoms with Crippen molar-refractivity contribution in [1.29, 1.82) is 0 Å². The molecule has 0 saturated carbocycles. The van der Waals surface area contributed by atoms with Crippen LogP contribution in [-0.2, 0) is 53.6 Å². The Bertz CT molecular complexity index is 2660. The van der Waals surface area contributed by atoms with Crippen LogP contribution in [0.2, 0.25) is 0 Å². The third kappa shape index (κ3) is 32.3. The Morgan fingerprint density at radius 1 is 0.548 bits per heavy atom. The number of ether oxygens (including phenoxy) is 2. The lowest BCUT2D eigenvalue weighted by Crippen LogP contribution is -2.47. The van der Waals surface area contributed by atoms with E-state index in [0.29, 0.717) is 56.5 Å². The van der Waals surface area contributed by atoms with Gasteiger partial charge >= 0.3 is 11.9 Å². The van der Waals surface area contributed by atoms with Crippen LogP contribution in [0.4, 0.5) is 22.7 Å². The number of carbonyl (C=O) groups is 4. The van der Waals surface area contributed by atoms with Crippen LogP contribution in [0.5, 0.6) is 0 Å². The first-order chi connectivity index (χ1) is 40.2. The van der Waals surface area contributed by atoms with Crippen molar-refractivity contribution in [2.75, 3.05) is 123 Å². The minimum absolute atomic E-state index is 0.106. The van der Waals surface area contributed by atoms with Crippen LogP contribution in [0.15, 0.2) is 97.1 Å². The Hall–Kier alpha value is -6.76. The minimum Gasteiger partial charge on any atom is -0.465 e. The number of hydrogen-bond acceptors (Lipinski definition) is 21. The van der Waals surface area contributed by atoms with Crippen LogP contribution in [-0.4, -0.2) is 191 Å². The molecule has 4 aromatic rings. The summed E-state index contributed by atoms with van der Waals surface area (Å²) in [4.78, 5) is 94.7. The normalized spacial score (nSPS) is 14.2. The number of halogens is 2. The molecule has 26 nitrogen and oxygen atoms in total. The second-order valence-electron chi connectivity index (χ2n) is 18.9. The van der Waals surface area contributed by atoms with Gasteiger partial charge in [-0.3, -0.25) is 79.2 Å². The van der Waals surface area contributed by atoms with Gasteiger partial charge in [0.25, 0.3) is 22.7 Å². The van der Waals surface area contributed by atoms with Gasteiger partial charge in [0.1, 0.15) is 11.1 Å². The predicted octanol–water partition coefficient (Wildman–Crippen LogP) is 6.48. The van der Waals surface area contributed by atoms with E-state index in [1.807, 2.05) is 29.2 Å². The van der Waals surface area contributed by atoms with Crippen molar-refractivity contribution < 1.29 is 48.3 Å². The molecule has 3 heterocycles. The first-order valence-electron chi connectivity index (χ1n) is 27.3. The molecule has 0 spiro atoms. The molecule has 3 saturated heterocycles. The molecule has 0 aromatic heterocycles. The third-order valence-corrected chi connectivity index (χ3v) is 13.5. The number of esters is 2. The fourth-order valence-corrected chi connectivity index (χ4v) is 8.62. The van der Waals surface area contributed by atoms with Crippen molar-refractivity contribution in [3.05, 3.63) is 160 Å². The number of nitrogens with zero attached hydrogens (tertiary/aromatic N) is 9. The number of nitro benzene ring substituents is 4. The lowest BCUT2D eigenvalue weighted by atomic mass is 10.1. The lowest BCUT2D eigenvalue weighted by molar-refractivity contribution is -0.385. The highest BCUT2D eigenvalue weighted by molar-refractivity contribution is 9.09. The van der Waals surface area contributed by atoms with Gasteiger partial charge in [0, 0.05) is 185 Å². The van der Waals surface area contributed by atoms with Gasteiger partial charge in [-0.1, -0.05) is 80.4 Å². The average Bonchev–Trinajstić information content (AvgIpc) is 3.53. The van der Waals surface area contributed by atoms with Crippen molar-refractivity contribution >= 4 is 78.2 Å². The van der Waals surface area contributed by atoms with Gasteiger partial charge in [-0.15, -0.1) is 0 Å². The molecule has 3 fully saturated rings. The first kappa shape index (κ1) is 73.3. The van der Waals surface area contributed by atoms with E-state index < -0.39 is 4.92 Å². The minimum atomic E-state index is -0.397. The molecule has 4 N–H and O–H groups in total. The number of ketones is 1. The molecule has 4 aromatic carbocycles. The molecule has 84 heavy (non-hydrogen) atoms. The monoisotopic (exact) mass is 1300 g/mol. The smallest absolute Gasteiger partial charge is 0.320 e. The maximum absolute atomic E-state index is 11.4. The fraction of sp³-hybridized carbons (Fsp3) is 0.500. The number of carbonyl (C=O) groups excluding carboxylic acids is 4. The van der Waals surface area contributed by atoms with Crippen molar-refractivity contribution in [1.82, 2.24) is 35.1 Å². The molecule has 3 aliphatic rings. The SMILES string of the molecule is CC(=O)CCNCCN.CC(=O)N1CCN(Cc2cccc([N+](=O)[O-])c2)CC1.CCOC(=O)CBr.CCOC(=O)CN1CCN(Cc2cccc([N+](=O)[O-])c2)CC1.O=[N+]([O-])c1cccc(CBr)c1.O=[N+]([O-])c1cccc(CN2CCNCC2)c1. The van der Waals surface area contributed by atoms with E-state index >= 15 is 0 Å². The standard InChI is InChI=1S/C15H21N3O4.C13H17N3O3.C11H15N3O2.C7H6BrNO2.C6H14N2O.C4H7BrO2/c1-2-22-15(19)12-17-8-6-16(7-9-17)11-13-4-3-5-14(10-13)18(20)21;1-11(17)15-7-5-14(6-8-15)10-12-3-2-4-13(9-12)16(18)19;15-14(16)11-3-1-2-10(8-11)9-13-6-4-12-5-7-13;8-5-6-2-1-3-7(4-6)9(10)11;1-6(9)2-4-8-5-3-7;1-2-7-4(6)3-5/h3-5,10H,2,6-9,11-12H2,1H3;2-4,9H,5-8,10H2,1H3;1-3,8,12H,4-7,9H2;1-4H,5H2;8H,2-5,7H2,1H3;2-3H2,1H3. The number of non-ortho nitro benzene ring substituents is 4. The van der Waals surface area contributed by atoms with Gasteiger partial charge in [0.2, 0.25) is 5.91 Å². The highest BCUT2D eigenvalue weighted by Gasteiger charge is 2.21. The largest absolute Gasteiger partial charge is 0.465 e. The highest BCUT2D eigenvalue weighted by atomic mass is 79.9. The highest BCUT2D eigenvalue weighted by Crippen LogP contribution is 2.19. The van der Waals surface area contributed by atoms with E-state index in [-0.39, 0.29) is 61.1 Å². The number of nitro groups is 4. The van der Waals surface area contributed by atoms with Crippen molar-refractivity contribution in [2.45, 2.75) is 59.1 Å². The molecular formula is C56H80Br2N12O14. The lowest BCUT2D eigenvalue weighted by Gasteiger charge is -2.34. The van der Waals surface area contributed by atoms with E-state index in [9.17, 15) is 59.6 Å². The van der Waals surface area contributed by atoms with Crippen molar-refractivity contribution in [2.24, 2.45) is 5.73 Å². The Balaban J connectivity index is 0.000000358. The van der Waals surface area contributed by atoms with Crippen LogP contribution >= 0.6 is 31.9 Å². The van der Waals surface area contributed by atoms with Crippen molar-refractivity contribution in [3.8, 4) is 0 Å². The van der Waals surface area contributed by atoms with Crippen LogP contribution in [0.25, 0.3) is 0 Å². The summed E-state index contributed by atoms with van der Waals surface area (Å²) in [5.41, 5.74) is 9.56. The number of Topliss-reactive ketones (excluding diaryl/α,β-unsaturated/α-hetero) is 1.